The van der Waals surface area contributed by atoms with Crippen molar-refractivity contribution in [2.75, 3.05) is 17.2 Å². The van der Waals surface area contributed by atoms with E-state index in [2.05, 4.69) is 45.0 Å². The topological polar surface area (TPSA) is 96.8 Å². The van der Waals surface area contributed by atoms with Gasteiger partial charge in [0.05, 0.1) is 29.5 Å². The molecule has 0 spiro atoms. The molecule has 0 saturated carbocycles. The third-order valence-corrected chi connectivity index (χ3v) is 5.72. The first-order valence-electron chi connectivity index (χ1n) is 10.8. The van der Waals surface area contributed by atoms with Crippen molar-refractivity contribution in [1.82, 2.24) is 24.8 Å². The van der Waals surface area contributed by atoms with Gasteiger partial charge in [0.25, 0.3) is 0 Å². The highest BCUT2D eigenvalue weighted by molar-refractivity contribution is 5.96. The summed E-state index contributed by atoms with van der Waals surface area (Å²) in [5.41, 5.74) is 3.58. The SMILES string of the molecule is CC(Nc1cncc(-n2cnc3cc(NC(=O)C4CCCN4)ccc32)n1)c1ccccc1. The summed E-state index contributed by atoms with van der Waals surface area (Å²) in [5, 5.41) is 9.60. The maximum atomic E-state index is 12.4. The van der Waals surface area contributed by atoms with Crippen LogP contribution in [0.5, 0.6) is 0 Å². The molecule has 2 unspecified atom stereocenters. The third-order valence-electron chi connectivity index (χ3n) is 5.72. The highest BCUT2D eigenvalue weighted by Crippen LogP contribution is 2.23. The van der Waals surface area contributed by atoms with Crippen molar-refractivity contribution in [3.05, 3.63) is 72.8 Å². The van der Waals surface area contributed by atoms with Gasteiger partial charge in [0.2, 0.25) is 5.91 Å². The van der Waals surface area contributed by atoms with Crippen LogP contribution in [0.1, 0.15) is 31.4 Å². The molecule has 0 radical (unpaired) electrons. The molecule has 162 valence electrons. The number of hydrogen-bond acceptors (Lipinski definition) is 6. The van der Waals surface area contributed by atoms with Crippen LogP contribution in [0, 0.1) is 0 Å². The zero-order valence-corrected chi connectivity index (χ0v) is 17.8. The molecule has 1 aliphatic rings. The second-order valence-electron chi connectivity index (χ2n) is 8.00. The molecule has 3 heterocycles. The molecule has 8 nitrogen and oxygen atoms in total. The summed E-state index contributed by atoms with van der Waals surface area (Å²) in [6.07, 6.45) is 7.05. The Labute approximate surface area is 186 Å². The molecule has 2 aromatic carbocycles. The minimum atomic E-state index is -0.118. The van der Waals surface area contributed by atoms with E-state index in [9.17, 15) is 4.79 Å². The molecule has 32 heavy (non-hydrogen) atoms. The summed E-state index contributed by atoms with van der Waals surface area (Å²) in [7, 11) is 0. The molecular formula is C24H25N7O. The summed E-state index contributed by atoms with van der Waals surface area (Å²) in [4.78, 5) is 26.0. The maximum Gasteiger partial charge on any atom is 0.241 e. The number of nitrogens with one attached hydrogen (secondary N) is 3. The van der Waals surface area contributed by atoms with Crippen molar-refractivity contribution in [2.24, 2.45) is 0 Å². The number of rotatable bonds is 6. The first kappa shape index (κ1) is 20.1. The zero-order valence-electron chi connectivity index (χ0n) is 17.8. The van der Waals surface area contributed by atoms with Crippen LogP contribution < -0.4 is 16.0 Å². The second-order valence-corrected chi connectivity index (χ2v) is 8.00. The molecule has 1 amide bonds. The van der Waals surface area contributed by atoms with E-state index in [4.69, 9.17) is 4.98 Å². The standard InChI is InChI=1S/C24H25N7O/c1-16(17-6-3-2-4-7-17)28-22-13-25-14-23(30-22)31-15-27-20-12-18(9-10-21(20)31)29-24(32)19-8-5-11-26-19/h2-4,6-7,9-10,12-16,19,26H,5,8,11H2,1H3,(H,28,30)(H,29,32). The smallest absolute Gasteiger partial charge is 0.241 e. The van der Waals surface area contributed by atoms with Crippen LogP contribution in [0.2, 0.25) is 0 Å². The van der Waals surface area contributed by atoms with Gasteiger partial charge < -0.3 is 16.0 Å². The lowest BCUT2D eigenvalue weighted by Crippen LogP contribution is -2.35. The van der Waals surface area contributed by atoms with E-state index in [1.165, 1.54) is 5.56 Å². The van der Waals surface area contributed by atoms with E-state index in [0.29, 0.717) is 11.6 Å². The average Bonchev–Trinajstić information content (AvgIpc) is 3.50. The van der Waals surface area contributed by atoms with Gasteiger partial charge in [-0.3, -0.25) is 14.3 Å². The van der Waals surface area contributed by atoms with Crippen molar-refractivity contribution in [3.8, 4) is 5.82 Å². The van der Waals surface area contributed by atoms with Gasteiger partial charge >= 0.3 is 0 Å². The van der Waals surface area contributed by atoms with Crippen molar-refractivity contribution in [3.63, 3.8) is 0 Å². The largest absolute Gasteiger partial charge is 0.362 e. The molecule has 5 rings (SSSR count). The Morgan fingerprint density at radius 3 is 2.88 bits per heavy atom. The maximum absolute atomic E-state index is 12.4. The monoisotopic (exact) mass is 427 g/mol. The number of nitrogens with zero attached hydrogens (tertiary/aromatic N) is 4. The second kappa shape index (κ2) is 8.76. The van der Waals surface area contributed by atoms with Gasteiger partial charge in [-0.05, 0) is 50.1 Å². The van der Waals surface area contributed by atoms with Gasteiger partial charge in [-0.2, -0.15) is 0 Å². The number of carbonyl (C=O) groups excluding carboxylic acids is 1. The van der Waals surface area contributed by atoms with Gasteiger partial charge in [-0.15, -0.1) is 0 Å². The van der Waals surface area contributed by atoms with Crippen LogP contribution in [0.15, 0.2) is 67.3 Å². The van der Waals surface area contributed by atoms with Crippen molar-refractivity contribution in [2.45, 2.75) is 31.8 Å². The van der Waals surface area contributed by atoms with Crippen molar-refractivity contribution in [1.29, 1.82) is 0 Å². The van der Waals surface area contributed by atoms with Crippen LogP contribution in [0.25, 0.3) is 16.9 Å². The van der Waals surface area contributed by atoms with Crippen LogP contribution in [-0.4, -0.2) is 38.0 Å². The fourth-order valence-electron chi connectivity index (χ4n) is 4.00. The highest BCUT2D eigenvalue weighted by atomic mass is 16.2. The summed E-state index contributed by atoms with van der Waals surface area (Å²) >= 11 is 0. The molecule has 0 bridgehead atoms. The summed E-state index contributed by atoms with van der Waals surface area (Å²) in [5.74, 6) is 1.36. The fraction of sp³-hybridized carbons (Fsp3) is 0.250. The van der Waals surface area contributed by atoms with E-state index >= 15 is 0 Å². The lowest BCUT2D eigenvalue weighted by Gasteiger charge is -2.15. The predicted molar refractivity (Wildman–Crippen MR) is 125 cm³/mol. The van der Waals surface area contributed by atoms with Crippen molar-refractivity contribution >= 4 is 28.4 Å². The number of benzene rings is 2. The molecule has 2 aromatic heterocycles. The van der Waals surface area contributed by atoms with Crippen LogP contribution in [0.4, 0.5) is 11.5 Å². The third kappa shape index (κ3) is 4.17. The molecule has 1 saturated heterocycles. The van der Waals surface area contributed by atoms with Gasteiger partial charge in [0, 0.05) is 11.7 Å². The number of anilines is 2. The fourth-order valence-corrected chi connectivity index (χ4v) is 4.00. The quantitative estimate of drug-likeness (QED) is 0.434. The Bertz CT molecular complexity index is 1230. The van der Waals surface area contributed by atoms with E-state index < -0.39 is 0 Å². The Balaban J connectivity index is 1.35. The molecular weight excluding hydrogens is 402 g/mol. The van der Waals surface area contributed by atoms with Gasteiger partial charge in [0.15, 0.2) is 5.82 Å². The summed E-state index contributed by atoms with van der Waals surface area (Å²) in [6.45, 7) is 2.98. The first-order valence-corrected chi connectivity index (χ1v) is 10.8. The average molecular weight is 428 g/mol. The predicted octanol–water partition coefficient (Wildman–Crippen LogP) is 3.68. The number of amides is 1. The van der Waals surface area contributed by atoms with E-state index in [1.807, 2.05) is 41.0 Å². The van der Waals surface area contributed by atoms with Gasteiger partial charge in [0.1, 0.15) is 12.1 Å². The van der Waals surface area contributed by atoms with Gasteiger partial charge in [-0.25, -0.2) is 9.97 Å². The van der Waals surface area contributed by atoms with Crippen LogP contribution in [0.3, 0.4) is 0 Å². The molecule has 2 atom stereocenters. The lowest BCUT2D eigenvalue weighted by atomic mass is 10.1. The number of imidazole rings is 1. The minimum Gasteiger partial charge on any atom is -0.362 e. The van der Waals surface area contributed by atoms with Crippen LogP contribution in [-0.2, 0) is 4.79 Å². The van der Waals surface area contributed by atoms with Crippen LogP contribution >= 0.6 is 0 Å². The molecule has 1 fully saturated rings. The molecule has 0 aliphatic carbocycles. The molecule has 3 N–H and O–H groups in total. The number of carbonyl (C=O) groups is 1. The number of aromatic nitrogens is 4. The number of hydrogen-bond donors (Lipinski definition) is 3. The molecule has 4 aromatic rings. The highest BCUT2D eigenvalue weighted by Gasteiger charge is 2.22. The lowest BCUT2D eigenvalue weighted by molar-refractivity contribution is -0.117. The first-order chi connectivity index (χ1) is 15.7. The Hall–Kier alpha value is -3.78. The molecule has 1 aliphatic heterocycles. The summed E-state index contributed by atoms with van der Waals surface area (Å²) < 4.78 is 1.89. The van der Waals surface area contributed by atoms with E-state index in [0.717, 1.165) is 36.1 Å². The van der Waals surface area contributed by atoms with Gasteiger partial charge in [-0.1, -0.05) is 30.3 Å². The van der Waals surface area contributed by atoms with Crippen molar-refractivity contribution < 1.29 is 4.79 Å². The van der Waals surface area contributed by atoms with E-state index in [-0.39, 0.29) is 18.0 Å². The minimum absolute atomic E-state index is 0.00143. The normalized spacial score (nSPS) is 16.7. The summed E-state index contributed by atoms with van der Waals surface area (Å²) in [6, 6.07) is 15.9. The van der Waals surface area contributed by atoms with E-state index in [1.54, 1.807) is 18.7 Å². The molecule has 8 heteroatoms. The Morgan fingerprint density at radius 2 is 2.06 bits per heavy atom. The number of fused-ring (bicyclic) bond motifs is 1. The Morgan fingerprint density at radius 1 is 1.19 bits per heavy atom. The zero-order chi connectivity index (χ0) is 21.9. The Kier molecular flexibility index (Phi) is 5.51.